The molecule has 0 radical (unpaired) electrons. The maximum atomic E-state index is 13.0. The summed E-state index contributed by atoms with van der Waals surface area (Å²) in [6.45, 7) is 0. The molecule has 27 heavy (non-hydrogen) atoms. The summed E-state index contributed by atoms with van der Waals surface area (Å²) in [5, 5.41) is 0. The van der Waals surface area contributed by atoms with Gasteiger partial charge in [0.25, 0.3) is 11.8 Å². The van der Waals surface area contributed by atoms with Crippen LogP contribution < -0.4 is 4.74 Å². The second-order valence-electron chi connectivity index (χ2n) is 6.83. The molecule has 132 valence electrons. The molecule has 3 aromatic rings. The van der Waals surface area contributed by atoms with Crippen molar-refractivity contribution >= 4 is 11.8 Å². The normalized spacial score (nSPS) is 20.8. The highest BCUT2D eigenvalue weighted by Gasteiger charge is 2.44. The van der Waals surface area contributed by atoms with E-state index in [1.165, 1.54) is 4.90 Å². The zero-order chi connectivity index (χ0) is 18.4. The Morgan fingerprint density at radius 3 is 2.04 bits per heavy atom. The van der Waals surface area contributed by atoms with Crippen molar-refractivity contribution in [2.45, 2.75) is 18.6 Å². The van der Waals surface area contributed by atoms with Crippen molar-refractivity contribution in [2.75, 3.05) is 0 Å². The lowest BCUT2D eigenvalue weighted by atomic mass is 9.92. The molecule has 0 saturated heterocycles. The summed E-state index contributed by atoms with van der Waals surface area (Å²) in [5.41, 5.74) is 2.86. The summed E-state index contributed by atoms with van der Waals surface area (Å²) in [6, 6.07) is 24.2. The van der Waals surface area contributed by atoms with E-state index in [9.17, 15) is 9.59 Å². The first kappa shape index (κ1) is 15.8. The largest absolute Gasteiger partial charge is 0.485 e. The third-order valence-corrected chi connectivity index (χ3v) is 5.29. The highest BCUT2D eigenvalue weighted by atomic mass is 16.5. The number of hydrogen-bond donors (Lipinski definition) is 0. The molecule has 4 nitrogen and oxygen atoms in total. The molecular formula is C23H17NO3. The van der Waals surface area contributed by atoms with Crippen LogP contribution in [-0.2, 0) is 0 Å². The molecule has 2 aliphatic heterocycles. The van der Waals surface area contributed by atoms with Crippen molar-refractivity contribution in [1.29, 1.82) is 0 Å². The van der Waals surface area contributed by atoms with Crippen LogP contribution in [0.1, 0.15) is 50.4 Å². The minimum atomic E-state index is -0.354. The fraction of sp³-hybridized carbons (Fsp3) is 0.130. The number of fused-ring (bicyclic) bond motifs is 2. The second kappa shape index (κ2) is 6.09. The third kappa shape index (κ3) is 2.45. The number of rotatable bonds is 2. The third-order valence-electron chi connectivity index (χ3n) is 5.29. The first-order valence-electron chi connectivity index (χ1n) is 9.01. The van der Waals surface area contributed by atoms with Gasteiger partial charge in [0.15, 0.2) is 0 Å². The smallest absolute Gasteiger partial charge is 0.262 e. The van der Waals surface area contributed by atoms with E-state index < -0.39 is 0 Å². The number of amides is 2. The Labute approximate surface area is 157 Å². The number of carbonyl (C=O) groups excluding carboxylic acids is 2. The molecule has 5 rings (SSSR count). The maximum Gasteiger partial charge on any atom is 0.262 e. The Hall–Kier alpha value is -3.40. The lowest BCUT2D eigenvalue weighted by Gasteiger charge is -2.36. The molecule has 0 aromatic heterocycles. The lowest BCUT2D eigenvalue weighted by molar-refractivity contribution is 0.0478. The van der Waals surface area contributed by atoms with E-state index >= 15 is 0 Å². The van der Waals surface area contributed by atoms with E-state index in [1.807, 2.05) is 54.6 Å². The highest BCUT2D eigenvalue weighted by molar-refractivity contribution is 6.21. The van der Waals surface area contributed by atoms with Crippen LogP contribution in [0.4, 0.5) is 0 Å². The summed E-state index contributed by atoms with van der Waals surface area (Å²) < 4.78 is 6.21. The van der Waals surface area contributed by atoms with E-state index in [1.54, 1.807) is 24.3 Å². The van der Waals surface area contributed by atoms with Gasteiger partial charge in [0.2, 0.25) is 0 Å². The van der Waals surface area contributed by atoms with Gasteiger partial charge in [-0.3, -0.25) is 14.5 Å². The van der Waals surface area contributed by atoms with Crippen LogP contribution in [0.15, 0.2) is 78.9 Å². The van der Waals surface area contributed by atoms with Gasteiger partial charge in [-0.1, -0.05) is 60.7 Å². The first-order valence-corrected chi connectivity index (χ1v) is 9.01. The van der Waals surface area contributed by atoms with Gasteiger partial charge in [0, 0.05) is 12.0 Å². The molecular weight excluding hydrogens is 338 g/mol. The van der Waals surface area contributed by atoms with E-state index in [2.05, 4.69) is 0 Å². The minimum absolute atomic E-state index is 0.213. The Kier molecular flexibility index (Phi) is 3.57. The summed E-state index contributed by atoms with van der Waals surface area (Å²) >= 11 is 0. The first-order chi connectivity index (χ1) is 13.2. The number of para-hydroxylation sites is 1. The zero-order valence-corrected chi connectivity index (χ0v) is 14.5. The molecule has 3 aromatic carbocycles. The van der Waals surface area contributed by atoms with Gasteiger partial charge < -0.3 is 4.74 Å². The van der Waals surface area contributed by atoms with Crippen molar-refractivity contribution in [2.24, 2.45) is 0 Å². The van der Waals surface area contributed by atoms with Gasteiger partial charge in [-0.15, -0.1) is 0 Å². The van der Waals surface area contributed by atoms with Crippen LogP contribution >= 0.6 is 0 Å². The van der Waals surface area contributed by atoms with Gasteiger partial charge in [0.05, 0.1) is 17.2 Å². The quantitative estimate of drug-likeness (QED) is 0.634. The zero-order valence-electron chi connectivity index (χ0n) is 14.5. The monoisotopic (exact) mass is 355 g/mol. The van der Waals surface area contributed by atoms with Crippen LogP contribution in [0.3, 0.4) is 0 Å². The van der Waals surface area contributed by atoms with E-state index in [-0.39, 0.29) is 24.0 Å². The molecule has 2 heterocycles. The predicted molar refractivity (Wildman–Crippen MR) is 101 cm³/mol. The average Bonchev–Trinajstić information content (AvgIpc) is 2.98. The fourth-order valence-corrected chi connectivity index (χ4v) is 4.00. The molecule has 2 atom stereocenters. The standard InChI is InChI=1S/C23H17NO3/c25-22-16-10-4-5-11-17(16)23(26)24(22)19-14-21(15-8-2-1-3-9-15)27-20-13-7-6-12-18(19)20/h1-13,19,21H,14H2/t19-,21-/m0/s1. The summed E-state index contributed by atoms with van der Waals surface area (Å²) in [4.78, 5) is 27.5. The number of ether oxygens (including phenoxy) is 1. The molecule has 0 N–H and O–H groups in total. The van der Waals surface area contributed by atoms with Crippen molar-refractivity contribution in [1.82, 2.24) is 4.90 Å². The van der Waals surface area contributed by atoms with Gasteiger partial charge in [-0.25, -0.2) is 0 Å². The van der Waals surface area contributed by atoms with Crippen LogP contribution in [0.5, 0.6) is 5.75 Å². The summed E-state index contributed by atoms with van der Waals surface area (Å²) in [7, 11) is 0. The SMILES string of the molecule is O=C1c2ccccc2C(=O)N1[C@H]1C[C@@H](c2ccccc2)Oc2ccccc21. The Bertz CT molecular complexity index is 1010. The molecule has 0 bridgehead atoms. The molecule has 4 heteroatoms. The molecule has 0 aliphatic carbocycles. The van der Waals surface area contributed by atoms with Crippen molar-refractivity contribution < 1.29 is 14.3 Å². The van der Waals surface area contributed by atoms with Gasteiger partial charge in [-0.05, 0) is 23.8 Å². The summed E-state index contributed by atoms with van der Waals surface area (Å²) in [5.74, 6) is 0.257. The van der Waals surface area contributed by atoms with Gasteiger partial charge in [0.1, 0.15) is 11.9 Å². The number of benzene rings is 3. The topological polar surface area (TPSA) is 46.6 Å². The predicted octanol–water partition coefficient (Wildman–Crippen LogP) is 4.55. The Morgan fingerprint density at radius 2 is 1.33 bits per heavy atom. The number of imide groups is 1. The van der Waals surface area contributed by atoms with E-state index in [4.69, 9.17) is 4.74 Å². The van der Waals surface area contributed by atoms with Crippen LogP contribution in [0.25, 0.3) is 0 Å². The summed E-state index contributed by atoms with van der Waals surface area (Å²) in [6.07, 6.45) is 0.322. The molecule has 0 unspecified atom stereocenters. The highest BCUT2D eigenvalue weighted by Crippen LogP contribution is 2.45. The molecule has 0 saturated carbocycles. The Balaban J connectivity index is 1.59. The van der Waals surface area contributed by atoms with E-state index in [0.29, 0.717) is 17.5 Å². The van der Waals surface area contributed by atoms with Crippen molar-refractivity contribution in [3.63, 3.8) is 0 Å². The molecule has 0 fully saturated rings. The molecule has 2 aliphatic rings. The number of nitrogens with zero attached hydrogens (tertiary/aromatic N) is 1. The van der Waals surface area contributed by atoms with Crippen LogP contribution in [-0.4, -0.2) is 16.7 Å². The number of hydrogen-bond acceptors (Lipinski definition) is 3. The average molecular weight is 355 g/mol. The van der Waals surface area contributed by atoms with Gasteiger partial charge in [-0.2, -0.15) is 0 Å². The minimum Gasteiger partial charge on any atom is -0.485 e. The van der Waals surface area contributed by atoms with Gasteiger partial charge >= 0.3 is 0 Å². The molecule has 2 amide bonds. The van der Waals surface area contributed by atoms with E-state index in [0.717, 1.165) is 16.9 Å². The van der Waals surface area contributed by atoms with Crippen LogP contribution in [0, 0.1) is 0 Å². The molecule has 0 spiro atoms. The lowest BCUT2D eigenvalue weighted by Crippen LogP contribution is -2.37. The number of carbonyl (C=O) groups is 2. The maximum absolute atomic E-state index is 13.0. The van der Waals surface area contributed by atoms with Crippen molar-refractivity contribution in [3.05, 3.63) is 101 Å². The fourth-order valence-electron chi connectivity index (χ4n) is 4.00. The second-order valence-corrected chi connectivity index (χ2v) is 6.83. The Morgan fingerprint density at radius 1 is 0.741 bits per heavy atom. The van der Waals surface area contributed by atoms with Crippen LogP contribution in [0.2, 0.25) is 0 Å². The van der Waals surface area contributed by atoms with Crippen molar-refractivity contribution in [3.8, 4) is 5.75 Å².